The van der Waals surface area contributed by atoms with Gasteiger partial charge in [-0.2, -0.15) is 0 Å². The van der Waals surface area contributed by atoms with Crippen molar-refractivity contribution in [2.75, 3.05) is 6.54 Å². The number of nitrogens with zero attached hydrogens (tertiary/aromatic N) is 1. The second-order valence-electron chi connectivity index (χ2n) is 6.50. The van der Waals surface area contributed by atoms with Crippen molar-refractivity contribution >= 4 is 10.0 Å². The van der Waals surface area contributed by atoms with Crippen LogP contribution < -0.4 is 10.5 Å². The molecule has 0 bridgehead atoms. The van der Waals surface area contributed by atoms with E-state index in [4.69, 9.17) is 5.73 Å². The van der Waals surface area contributed by atoms with Crippen molar-refractivity contribution in [1.29, 1.82) is 0 Å². The molecule has 112 valence electrons. The predicted octanol–water partition coefficient (Wildman–Crippen LogP) is 1.50. The van der Waals surface area contributed by atoms with E-state index in [9.17, 15) is 8.42 Å². The van der Waals surface area contributed by atoms with Crippen LogP contribution in [0.2, 0.25) is 0 Å². The van der Waals surface area contributed by atoms with Gasteiger partial charge in [-0.25, -0.2) is 13.1 Å². The van der Waals surface area contributed by atoms with Crippen LogP contribution in [0.4, 0.5) is 0 Å². The number of hydrogen-bond acceptors (Lipinski definition) is 4. The predicted molar refractivity (Wildman–Crippen MR) is 78.4 cm³/mol. The Labute approximate surface area is 121 Å². The smallest absolute Gasteiger partial charge is 0.242 e. The fraction of sp³-hybridized carbons (Fsp3) is 0.643. The van der Waals surface area contributed by atoms with E-state index in [2.05, 4.69) is 37.4 Å². The van der Waals surface area contributed by atoms with Crippen molar-refractivity contribution < 1.29 is 8.42 Å². The number of hydrogen-bond donors (Lipinski definition) is 2. The first kappa shape index (κ1) is 15.4. The van der Waals surface area contributed by atoms with Gasteiger partial charge in [0.1, 0.15) is 4.90 Å². The van der Waals surface area contributed by atoms with E-state index >= 15 is 0 Å². The minimum Gasteiger partial charge on any atom is -0.325 e. The number of sulfonamides is 1. The third-order valence-corrected chi connectivity index (χ3v) is 6.63. The summed E-state index contributed by atoms with van der Waals surface area (Å²) in [7, 11) is -3.55. The van der Waals surface area contributed by atoms with E-state index < -0.39 is 10.0 Å². The maximum atomic E-state index is 12.4. The summed E-state index contributed by atoms with van der Waals surface area (Å²) in [6.07, 6.45) is 1.55. The summed E-state index contributed by atoms with van der Waals surface area (Å²) in [5.74, 6) is 0.336. The summed E-state index contributed by atoms with van der Waals surface area (Å²) >= 11 is 0. The second-order valence-corrected chi connectivity index (χ2v) is 8.24. The van der Waals surface area contributed by atoms with Crippen LogP contribution >= 0.6 is 0 Å². The maximum Gasteiger partial charge on any atom is 0.242 e. The molecule has 1 aromatic rings. The van der Waals surface area contributed by atoms with Crippen LogP contribution in [0.5, 0.6) is 0 Å². The van der Waals surface area contributed by atoms with E-state index in [1.807, 2.05) is 0 Å². The zero-order valence-corrected chi connectivity index (χ0v) is 13.3. The fourth-order valence-electron chi connectivity index (χ4n) is 2.94. The summed E-state index contributed by atoms with van der Waals surface area (Å²) in [6.45, 7) is 9.23. The van der Waals surface area contributed by atoms with Gasteiger partial charge in [0.2, 0.25) is 10.0 Å². The average molecular weight is 297 g/mol. The molecule has 1 aliphatic rings. The van der Waals surface area contributed by atoms with E-state index in [0.29, 0.717) is 18.2 Å². The van der Waals surface area contributed by atoms with Gasteiger partial charge >= 0.3 is 0 Å². The minimum atomic E-state index is -3.55. The Morgan fingerprint density at radius 2 is 1.90 bits per heavy atom. The van der Waals surface area contributed by atoms with Crippen molar-refractivity contribution in [2.24, 2.45) is 22.5 Å². The van der Waals surface area contributed by atoms with E-state index in [1.54, 1.807) is 18.3 Å². The van der Waals surface area contributed by atoms with Crippen LogP contribution in [-0.4, -0.2) is 19.9 Å². The van der Waals surface area contributed by atoms with E-state index in [1.165, 1.54) is 0 Å². The molecule has 20 heavy (non-hydrogen) atoms. The van der Waals surface area contributed by atoms with Gasteiger partial charge in [-0.05, 0) is 28.9 Å². The number of aromatic nitrogens is 1. The van der Waals surface area contributed by atoms with Crippen molar-refractivity contribution in [3.63, 3.8) is 0 Å². The maximum absolute atomic E-state index is 12.4. The number of nitrogens with two attached hydrogens (primary N) is 1. The van der Waals surface area contributed by atoms with Crippen LogP contribution in [-0.2, 0) is 16.6 Å². The summed E-state index contributed by atoms with van der Waals surface area (Å²) in [4.78, 5) is 4.20. The number of pyridine rings is 1. The quantitative estimate of drug-likeness (QED) is 0.862. The van der Waals surface area contributed by atoms with Crippen LogP contribution in [0.25, 0.3) is 0 Å². The summed E-state index contributed by atoms with van der Waals surface area (Å²) in [6, 6.07) is 3.15. The Morgan fingerprint density at radius 3 is 2.40 bits per heavy atom. The Morgan fingerprint density at radius 1 is 1.30 bits per heavy atom. The van der Waals surface area contributed by atoms with Gasteiger partial charge in [0.05, 0.1) is 5.69 Å². The lowest BCUT2D eigenvalue weighted by Gasteiger charge is -2.10. The first-order valence-corrected chi connectivity index (χ1v) is 8.26. The van der Waals surface area contributed by atoms with Gasteiger partial charge in [-0.3, -0.25) is 4.98 Å². The van der Waals surface area contributed by atoms with Gasteiger partial charge in [-0.1, -0.05) is 27.7 Å². The fourth-order valence-corrected chi connectivity index (χ4v) is 4.18. The molecule has 1 aliphatic carbocycles. The molecule has 0 atom stereocenters. The van der Waals surface area contributed by atoms with Crippen molar-refractivity contribution in [2.45, 2.75) is 39.1 Å². The Balaban J connectivity index is 2.14. The Bertz CT molecular complexity index is 595. The average Bonchev–Trinajstić information content (AvgIpc) is 2.77. The molecule has 0 unspecified atom stereocenters. The molecule has 1 aromatic heterocycles. The first-order valence-electron chi connectivity index (χ1n) is 6.78. The largest absolute Gasteiger partial charge is 0.325 e. The van der Waals surface area contributed by atoms with Crippen molar-refractivity contribution in [3.8, 4) is 0 Å². The van der Waals surface area contributed by atoms with Crippen LogP contribution in [0.15, 0.2) is 23.2 Å². The molecule has 0 spiro atoms. The van der Waals surface area contributed by atoms with E-state index in [0.717, 1.165) is 0 Å². The lowest BCUT2D eigenvalue weighted by molar-refractivity contribution is 0.457. The summed E-state index contributed by atoms with van der Waals surface area (Å²) in [5, 5.41) is 0. The first-order chi connectivity index (χ1) is 9.14. The van der Waals surface area contributed by atoms with Gasteiger partial charge in [0.25, 0.3) is 0 Å². The molecule has 3 N–H and O–H groups in total. The lowest BCUT2D eigenvalue weighted by atomic mass is 10.0. The Hall–Kier alpha value is -0.980. The molecule has 0 amide bonds. The highest BCUT2D eigenvalue weighted by atomic mass is 32.2. The molecule has 6 heteroatoms. The molecule has 0 saturated heterocycles. The zero-order chi connectivity index (χ0) is 15.2. The second kappa shape index (κ2) is 4.79. The molecule has 5 nitrogen and oxygen atoms in total. The van der Waals surface area contributed by atoms with Gasteiger partial charge in [0, 0.05) is 19.3 Å². The van der Waals surface area contributed by atoms with Crippen LogP contribution in [0.1, 0.15) is 33.4 Å². The molecule has 1 saturated carbocycles. The number of nitrogens with one attached hydrogen (secondary N) is 1. The number of rotatable bonds is 5. The molecule has 2 rings (SSSR count). The summed E-state index contributed by atoms with van der Waals surface area (Å²) < 4.78 is 27.4. The molecule has 1 heterocycles. The van der Waals surface area contributed by atoms with Crippen LogP contribution in [0.3, 0.4) is 0 Å². The third-order valence-electron chi connectivity index (χ3n) is 5.13. The van der Waals surface area contributed by atoms with Gasteiger partial charge in [-0.15, -0.1) is 0 Å². The lowest BCUT2D eigenvalue weighted by Crippen LogP contribution is -2.28. The molecule has 0 radical (unpaired) electrons. The van der Waals surface area contributed by atoms with Crippen LogP contribution in [0, 0.1) is 16.7 Å². The topological polar surface area (TPSA) is 85.1 Å². The molecule has 1 fully saturated rings. The highest BCUT2D eigenvalue weighted by molar-refractivity contribution is 7.89. The third kappa shape index (κ3) is 2.36. The standard InChI is InChI=1S/C14H23N3O2S/c1-13(2)12(14(13,3)4)9-17-20(18,19)11-6-5-7-16-10(11)8-15/h5-7,12,17H,8-9,15H2,1-4H3. The summed E-state index contributed by atoms with van der Waals surface area (Å²) in [5.41, 5.74) is 6.25. The highest BCUT2D eigenvalue weighted by Crippen LogP contribution is 2.67. The zero-order valence-electron chi connectivity index (χ0n) is 12.5. The van der Waals surface area contributed by atoms with Crippen molar-refractivity contribution in [3.05, 3.63) is 24.0 Å². The van der Waals surface area contributed by atoms with E-state index in [-0.39, 0.29) is 22.3 Å². The molecule has 0 aromatic carbocycles. The normalized spacial score (nSPS) is 20.9. The molecule has 0 aliphatic heterocycles. The van der Waals surface area contributed by atoms with Crippen molar-refractivity contribution in [1.82, 2.24) is 9.71 Å². The molecular formula is C14H23N3O2S. The monoisotopic (exact) mass is 297 g/mol. The van der Waals surface area contributed by atoms with Gasteiger partial charge in [0.15, 0.2) is 0 Å². The minimum absolute atomic E-state index is 0.109. The highest BCUT2D eigenvalue weighted by Gasteiger charge is 2.64. The SMILES string of the molecule is CC1(C)C(CNS(=O)(=O)c2cccnc2CN)C1(C)C. The Kier molecular flexibility index (Phi) is 3.69. The molecular weight excluding hydrogens is 274 g/mol. The van der Waals surface area contributed by atoms with Gasteiger partial charge < -0.3 is 5.73 Å².